The maximum atomic E-state index is 12.2. The second-order valence-corrected chi connectivity index (χ2v) is 6.09. The Morgan fingerprint density at radius 2 is 2.00 bits per heavy atom. The lowest BCUT2D eigenvalue weighted by Gasteiger charge is -2.16. The first-order valence-corrected chi connectivity index (χ1v) is 8.27. The van der Waals surface area contributed by atoms with Crippen LogP contribution in [-0.4, -0.2) is 47.7 Å². The third-order valence-electron chi connectivity index (χ3n) is 3.80. The summed E-state index contributed by atoms with van der Waals surface area (Å²) in [4.78, 5) is 56.9. The zero-order valence-corrected chi connectivity index (χ0v) is 14.2. The van der Waals surface area contributed by atoms with Crippen LogP contribution >= 0.6 is 11.6 Å². The summed E-state index contributed by atoms with van der Waals surface area (Å²) >= 11 is 6.09. The molecule has 26 heavy (non-hydrogen) atoms. The maximum Gasteiger partial charge on any atom is 0.375 e. The number of amides is 2. The molecule has 3 rings (SSSR count). The van der Waals surface area contributed by atoms with Crippen LogP contribution in [-0.2, 0) is 33.6 Å². The van der Waals surface area contributed by atoms with Crippen molar-refractivity contribution in [3.63, 3.8) is 0 Å². The summed E-state index contributed by atoms with van der Waals surface area (Å²) < 4.78 is 4.75. The highest BCUT2D eigenvalue weighted by Crippen LogP contribution is 2.21. The first-order chi connectivity index (χ1) is 12.5. The SMILES string of the molecule is O=C1CCC(C(=O)ON2OC[C@H](NC(=O)C(Cl)c3ccccc3)C2=O)O1. The molecule has 0 aliphatic carbocycles. The Labute approximate surface area is 153 Å². The van der Waals surface area contributed by atoms with Gasteiger partial charge in [-0.15, -0.1) is 11.6 Å². The minimum atomic E-state index is -1.07. The molecule has 0 saturated carbocycles. The Morgan fingerprint density at radius 1 is 1.27 bits per heavy atom. The van der Waals surface area contributed by atoms with Gasteiger partial charge in [0, 0.05) is 12.8 Å². The molecule has 2 aliphatic rings. The molecule has 0 aromatic heterocycles. The number of nitrogens with one attached hydrogen (secondary N) is 1. The van der Waals surface area contributed by atoms with E-state index in [1.807, 2.05) is 0 Å². The molecule has 1 N–H and O–H groups in total. The first-order valence-electron chi connectivity index (χ1n) is 7.83. The van der Waals surface area contributed by atoms with Crippen molar-refractivity contribution < 1.29 is 33.6 Å². The van der Waals surface area contributed by atoms with Gasteiger partial charge in [0.15, 0.2) is 0 Å². The van der Waals surface area contributed by atoms with Crippen LogP contribution in [0.2, 0.25) is 0 Å². The Bertz CT molecular complexity index is 727. The molecule has 0 spiro atoms. The first kappa shape index (κ1) is 18.2. The van der Waals surface area contributed by atoms with E-state index in [0.29, 0.717) is 10.8 Å². The summed E-state index contributed by atoms with van der Waals surface area (Å²) in [6.07, 6.45) is -0.799. The van der Waals surface area contributed by atoms with Crippen LogP contribution in [0, 0.1) is 0 Å². The number of cyclic esters (lactones) is 1. The van der Waals surface area contributed by atoms with Crippen molar-refractivity contribution in [3.05, 3.63) is 35.9 Å². The molecule has 1 aromatic carbocycles. The van der Waals surface area contributed by atoms with Gasteiger partial charge in [0.2, 0.25) is 12.0 Å². The summed E-state index contributed by atoms with van der Waals surface area (Å²) in [5, 5.41) is 1.84. The second-order valence-electron chi connectivity index (χ2n) is 5.65. The van der Waals surface area contributed by atoms with Gasteiger partial charge in [0.25, 0.3) is 0 Å². The van der Waals surface area contributed by atoms with Crippen LogP contribution in [0.25, 0.3) is 0 Å². The molecule has 2 unspecified atom stereocenters. The molecule has 2 amide bonds. The largest absolute Gasteiger partial charge is 0.450 e. The lowest BCUT2D eigenvalue weighted by molar-refractivity contribution is -0.306. The van der Waals surface area contributed by atoms with E-state index in [2.05, 4.69) is 5.32 Å². The molecule has 1 aromatic rings. The topological polar surface area (TPSA) is 111 Å². The van der Waals surface area contributed by atoms with Crippen LogP contribution in [0.5, 0.6) is 0 Å². The van der Waals surface area contributed by atoms with Crippen molar-refractivity contribution in [2.45, 2.75) is 30.4 Å². The van der Waals surface area contributed by atoms with Crippen molar-refractivity contribution in [2.75, 3.05) is 6.61 Å². The fraction of sp³-hybridized carbons (Fsp3) is 0.375. The monoisotopic (exact) mass is 382 g/mol. The van der Waals surface area contributed by atoms with Gasteiger partial charge in [-0.1, -0.05) is 30.3 Å². The van der Waals surface area contributed by atoms with E-state index < -0.39 is 41.3 Å². The lowest BCUT2D eigenvalue weighted by Crippen LogP contribution is -2.44. The molecule has 9 nitrogen and oxygen atoms in total. The molecular weight excluding hydrogens is 368 g/mol. The molecule has 0 bridgehead atoms. The molecule has 2 aliphatic heterocycles. The Morgan fingerprint density at radius 3 is 2.65 bits per heavy atom. The number of carbonyl (C=O) groups excluding carboxylic acids is 4. The number of esters is 1. The Balaban J connectivity index is 1.53. The number of alkyl halides is 1. The van der Waals surface area contributed by atoms with E-state index in [1.54, 1.807) is 30.3 Å². The standard InChI is InChI=1S/C16H15ClN2O7/c17-13(9-4-2-1-3-5-9)14(21)18-10-8-24-19(15(10)22)26-16(23)11-6-7-12(20)25-11/h1-5,10-11,13H,6-8H2,(H,18,21)/t10-,11?,13?/m0/s1. The lowest BCUT2D eigenvalue weighted by atomic mass is 10.1. The highest BCUT2D eigenvalue weighted by Gasteiger charge is 2.41. The Kier molecular flexibility index (Phi) is 5.38. The summed E-state index contributed by atoms with van der Waals surface area (Å²) in [6.45, 7) is -0.222. The van der Waals surface area contributed by atoms with Gasteiger partial charge in [-0.25, -0.2) is 9.63 Å². The molecule has 138 valence electrons. The normalized spacial score (nSPS) is 23.5. The number of benzene rings is 1. The van der Waals surface area contributed by atoms with Crippen molar-refractivity contribution in [1.29, 1.82) is 0 Å². The molecule has 10 heteroatoms. The van der Waals surface area contributed by atoms with Crippen molar-refractivity contribution in [1.82, 2.24) is 10.5 Å². The zero-order valence-electron chi connectivity index (χ0n) is 13.4. The summed E-state index contributed by atoms with van der Waals surface area (Å²) in [7, 11) is 0. The number of hydrogen-bond acceptors (Lipinski definition) is 7. The summed E-state index contributed by atoms with van der Waals surface area (Å²) in [5.41, 5.74) is 0.573. The quantitative estimate of drug-likeness (QED) is 0.579. The fourth-order valence-electron chi connectivity index (χ4n) is 2.43. The van der Waals surface area contributed by atoms with Gasteiger partial charge in [0.05, 0.1) is 0 Å². The van der Waals surface area contributed by atoms with Gasteiger partial charge in [-0.2, -0.15) is 0 Å². The van der Waals surface area contributed by atoms with E-state index in [1.165, 1.54) is 0 Å². The van der Waals surface area contributed by atoms with E-state index >= 15 is 0 Å². The van der Waals surface area contributed by atoms with Gasteiger partial charge in [-0.3, -0.25) is 14.4 Å². The summed E-state index contributed by atoms with van der Waals surface area (Å²) in [6, 6.07) is 7.57. The van der Waals surface area contributed by atoms with Crippen LogP contribution in [0.4, 0.5) is 0 Å². The molecule has 2 heterocycles. The minimum absolute atomic E-state index is 0.101. The third-order valence-corrected chi connectivity index (χ3v) is 4.25. The average molecular weight is 383 g/mol. The van der Waals surface area contributed by atoms with Crippen LogP contribution < -0.4 is 5.32 Å². The van der Waals surface area contributed by atoms with Gasteiger partial charge >= 0.3 is 17.8 Å². The predicted molar refractivity (Wildman–Crippen MR) is 85.0 cm³/mol. The van der Waals surface area contributed by atoms with Crippen LogP contribution in [0.3, 0.4) is 0 Å². The smallest absolute Gasteiger partial charge is 0.375 e. The van der Waals surface area contributed by atoms with E-state index in [4.69, 9.17) is 26.0 Å². The van der Waals surface area contributed by atoms with E-state index in [0.717, 1.165) is 0 Å². The molecule has 3 atom stereocenters. The number of carbonyl (C=O) groups is 4. The molecule has 2 fully saturated rings. The molecule has 2 saturated heterocycles. The third kappa shape index (κ3) is 3.94. The number of hydrogen-bond donors (Lipinski definition) is 1. The van der Waals surface area contributed by atoms with Gasteiger partial charge in [0.1, 0.15) is 18.0 Å². The highest BCUT2D eigenvalue weighted by atomic mass is 35.5. The summed E-state index contributed by atoms with van der Waals surface area (Å²) in [5.74, 6) is -2.79. The zero-order chi connectivity index (χ0) is 18.7. The van der Waals surface area contributed by atoms with E-state index in [9.17, 15) is 19.2 Å². The van der Waals surface area contributed by atoms with Crippen molar-refractivity contribution in [3.8, 4) is 0 Å². The number of ether oxygens (including phenoxy) is 1. The van der Waals surface area contributed by atoms with Gasteiger partial charge in [-0.05, 0) is 10.8 Å². The average Bonchev–Trinajstić information content (AvgIpc) is 3.22. The molecular formula is C16H15ClN2O7. The second kappa shape index (κ2) is 7.71. The fourth-order valence-corrected chi connectivity index (χ4v) is 2.64. The minimum Gasteiger partial charge on any atom is -0.450 e. The van der Waals surface area contributed by atoms with Crippen molar-refractivity contribution >= 4 is 35.4 Å². The van der Waals surface area contributed by atoms with E-state index in [-0.39, 0.29) is 19.4 Å². The Hall–Kier alpha value is -2.65. The van der Waals surface area contributed by atoms with Crippen LogP contribution in [0.1, 0.15) is 23.8 Å². The van der Waals surface area contributed by atoms with Crippen molar-refractivity contribution in [2.24, 2.45) is 0 Å². The number of hydroxylamine groups is 2. The molecule has 0 radical (unpaired) electrons. The highest BCUT2D eigenvalue weighted by molar-refractivity contribution is 6.30. The van der Waals surface area contributed by atoms with Gasteiger partial charge < -0.3 is 14.9 Å². The number of halogens is 1. The van der Waals surface area contributed by atoms with Crippen LogP contribution in [0.15, 0.2) is 30.3 Å². The predicted octanol–water partition coefficient (Wildman–Crippen LogP) is 0.389. The maximum absolute atomic E-state index is 12.2. The number of nitrogens with zero attached hydrogens (tertiary/aromatic N) is 1. The number of rotatable bonds is 5.